The lowest BCUT2D eigenvalue weighted by Gasteiger charge is -2.32. The molecule has 0 bridgehead atoms. The summed E-state index contributed by atoms with van der Waals surface area (Å²) < 4.78 is 5.46. The second-order valence-corrected chi connectivity index (χ2v) is 5.68. The van der Waals surface area contributed by atoms with E-state index >= 15 is 0 Å². The third kappa shape index (κ3) is 2.47. The Hall–Kier alpha value is -2.30. The maximum Gasteiger partial charge on any atom is 0.326 e. The number of aryl methyl sites for hydroxylation is 1. The molecular formula is C17H19NO4. The van der Waals surface area contributed by atoms with Crippen LogP contribution in [0.25, 0.3) is 11.0 Å². The summed E-state index contributed by atoms with van der Waals surface area (Å²) in [4.78, 5) is 25.6. The van der Waals surface area contributed by atoms with Crippen molar-refractivity contribution in [2.45, 2.75) is 38.6 Å². The van der Waals surface area contributed by atoms with Gasteiger partial charge in [-0.2, -0.15) is 0 Å². The standard InChI is InChI=1S/C17H19NO4/c1-2-11-6-7-15-12(9-11)13(10-22-15)16(19)18-8-4-3-5-14(18)17(20)21/h6-7,9-10,14H,2-5,8H2,1H3,(H,20,21). The van der Waals surface area contributed by atoms with E-state index in [0.717, 1.165) is 30.2 Å². The number of carbonyl (C=O) groups is 2. The largest absolute Gasteiger partial charge is 0.480 e. The van der Waals surface area contributed by atoms with Crippen LogP contribution in [0.1, 0.15) is 42.1 Å². The van der Waals surface area contributed by atoms with E-state index < -0.39 is 12.0 Å². The number of hydrogen-bond donors (Lipinski definition) is 1. The van der Waals surface area contributed by atoms with Crippen LogP contribution in [-0.2, 0) is 11.2 Å². The molecule has 5 heteroatoms. The van der Waals surface area contributed by atoms with E-state index in [1.54, 1.807) is 0 Å². The Morgan fingerprint density at radius 2 is 2.18 bits per heavy atom. The molecule has 22 heavy (non-hydrogen) atoms. The van der Waals surface area contributed by atoms with Gasteiger partial charge < -0.3 is 14.4 Å². The first-order chi connectivity index (χ1) is 10.6. The van der Waals surface area contributed by atoms with Crippen molar-refractivity contribution in [1.82, 2.24) is 4.90 Å². The van der Waals surface area contributed by atoms with Crippen LogP contribution in [-0.4, -0.2) is 34.5 Å². The molecule has 1 amide bonds. The molecular weight excluding hydrogens is 282 g/mol. The highest BCUT2D eigenvalue weighted by atomic mass is 16.4. The number of nitrogens with zero attached hydrogens (tertiary/aromatic N) is 1. The van der Waals surface area contributed by atoms with Crippen molar-refractivity contribution < 1.29 is 19.1 Å². The Bertz CT molecular complexity index is 719. The van der Waals surface area contributed by atoms with Crippen LogP contribution >= 0.6 is 0 Å². The van der Waals surface area contributed by atoms with E-state index in [1.807, 2.05) is 25.1 Å². The van der Waals surface area contributed by atoms with Crippen LogP contribution in [0.4, 0.5) is 0 Å². The van der Waals surface area contributed by atoms with Gasteiger partial charge in [0.2, 0.25) is 0 Å². The van der Waals surface area contributed by atoms with Crippen molar-refractivity contribution in [3.63, 3.8) is 0 Å². The van der Waals surface area contributed by atoms with Gasteiger partial charge >= 0.3 is 5.97 Å². The molecule has 1 aliphatic rings. The molecule has 0 saturated carbocycles. The Balaban J connectivity index is 1.99. The number of amides is 1. The monoisotopic (exact) mass is 301 g/mol. The van der Waals surface area contributed by atoms with Crippen molar-refractivity contribution in [3.8, 4) is 0 Å². The smallest absolute Gasteiger partial charge is 0.326 e. The number of likely N-dealkylation sites (tertiary alicyclic amines) is 1. The van der Waals surface area contributed by atoms with Gasteiger partial charge in [0.25, 0.3) is 5.91 Å². The maximum absolute atomic E-state index is 12.8. The van der Waals surface area contributed by atoms with Crippen LogP contribution in [0.2, 0.25) is 0 Å². The summed E-state index contributed by atoms with van der Waals surface area (Å²) >= 11 is 0. The number of fused-ring (bicyclic) bond motifs is 1. The molecule has 5 nitrogen and oxygen atoms in total. The summed E-state index contributed by atoms with van der Waals surface area (Å²) in [6, 6.07) is 5.04. The first-order valence-electron chi connectivity index (χ1n) is 7.65. The number of aliphatic carboxylic acids is 1. The molecule has 2 aromatic rings. The molecule has 1 unspecified atom stereocenters. The number of carboxylic acids is 1. The van der Waals surface area contributed by atoms with E-state index in [2.05, 4.69) is 0 Å². The Morgan fingerprint density at radius 3 is 2.91 bits per heavy atom. The number of carbonyl (C=O) groups excluding carboxylic acids is 1. The summed E-state index contributed by atoms with van der Waals surface area (Å²) in [7, 11) is 0. The predicted molar refractivity (Wildman–Crippen MR) is 81.9 cm³/mol. The highest BCUT2D eigenvalue weighted by Crippen LogP contribution is 2.27. The number of benzene rings is 1. The molecule has 116 valence electrons. The average molecular weight is 301 g/mol. The Morgan fingerprint density at radius 1 is 1.36 bits per heavy atom. The van der Waals surface area contributed by atoms with E-state index in [4.69, 9.17) is 4.42 Å². The summed E-state index contributed by atoms with van der Waals surface area (Å²) in [6.45, 7) is 2.53. The highest BCUT2D eigenvalue weighted by molar-refractivity contribution is 6.07. The van der Waals surface area contributed by atoms with Crippen molar-refractivity contribution in [3.05, 3.63) is 35.6 Å². The van der Waals surface area contributed by atoms with Crippen LogP contribution in [0, 0.1) is 0 Å². The van der Waals surface area contributed by atoms with Crippen molar-refractivity contribution in [2.24, 2.45) is 0 Å². The Kier molecular flexibility index (Phi) is 3.88. The summed E-state index contributed by atoms with van der Waals surface area (Å²) in [5.74, 6) is -1.19. The third-order valence-corrected chi connectivity index (χ3v) is 4.33. The molecule has 1 aliphatic heterocycles. The topological polar surface area (TPSA) is 70.8 Å². The average Bonchev–Trinajstić information content (AvgIpc) is 2.97. The Labute approximate surface area is 128 Å². The molecule has 1 aromatic carbocycles. The SMILES string of the molecule is CCc1ccc2occ(C(=O)N3CCCCC3C(=O)O)c2c1. The molecule has 1 saturated heterocycles. The minimum atomic E-state index is -0.935. The first kappa shape index (κ1) is 14.6. The lowest BCUT2D eigenvalue weighted by molar-refractivity contribution is -0.143. The van der Waals surface area contributed by atoms with Gasteiger partial charge in [-0.25, -0.2) is 4.79 Å². The lowest BCUT2D eigenvalue weighted by atomic mass is 10.0. The minimum absolute atomic E-state index is 0.251. The lowest BCUT2D eigenvalue weighted by Crippen LogP contribution is -2.47. The van der Waals surface area contributed by atoms with Crippen LogP contribution < -0.4 is 0 Å². The number of furan rings is 1. The second kappa shape index (κ2) is 5.83. The number of carboxylic acid groups (broad SMARTS) is 1. The quantitative estimate of drug-likeness (QED) is 0.945. The van der Waals surface area contributed by atoms with Gasteiger partial charge in [0.15, 0.2) is 0 Å². The van der Waals surface area contributed by atoms with E-state index in [-0.39, 0.29) is 5.91 Å². The van der Waals surface area contributed by atoms with E-state index in [1.165, 1.54) is 11.2 Å². The fraction of sp³-hybridized carbons (Fsp3) is 0.412. The summed E-state index contributed by atoms with van der Waals surface area (Å²) in [5.41, 5.74) is 2.24. The van der Waals surface area contributed by atoms with Gasteiger partial charge in [0, 0.05) is 11.9 Å². The normalized spacial score (nSPS) is 18.6. The summed E-state index contributed by atoms with van der Waals surface area (Å²) in [6.07, 6.45) is 4.51. The van der Waals surface area contributed by atoms with E-state index in [0.29, 0.717) is 24.1 Å². The fourth-order valence-corrected chi connectivity index (χ4v) is 3.05. The van der Waals surface area contributed by atoms with Gasteiger partial charge in [0.1, 0.15) is 17.9 Å². The van der Waals surface area contributed by atoms with Gasteiger partial charge in [-0.15, -0.1) is 0 Å². The number of piperidine rings is 1. The minimum Gasteiger partial charge on any atom is -0.480 e. The number of rotatable bonds is 3. The molecule has 1 atom stereocenters. The molecule has 3 rings (SSSR count). The van der Waals surface area contributed by atoms with Crippen LogP contribution in [0.3, 0.4) is 0 Å². The molecule has 1 aromatic heterocycles. The molecule has 0 aliphatic carbocycles. The molecule has 2 heterocycles. The zero-order valence-corrected chi connectivity index (χ0v) is 12.5. The van der Waals surface area contributed by atoms with Gasteiger partial charge in [-0.05, 0) is 43.4 Å². The first-order valence-corrected chi connectivity index (χ1v) is 7.65. The van der Waals surface area contributed by atoms with Crippen LogP contribution in [0.5, 0.6) is 0 Å². The van der Waals surface area contributed by atoms with Crippen molar-refractivity contribution in [1.29, 1.82) is 0 Å². The molecule has 0 spiro atoms. The third-order valence-electron chi connectivity index (χ3n) is 4.33. The molecule has 1 fully saturated rings. The van der Waals surface area contributed by atoms with Gasteiger partial charge in [-0.1, -0.05) is 13.0 Å². The predicted octanol–water partition coefficient (Wildman–Crippen LogP) is 3.07. The zero-order chi connectivity index (χ0) is 15.7. The van der Waals surface area contributed by atoms with Gasteiger partial charge in [0.05, 0.1) is 5.56 Å². The molecule has 1 N–H and O–H groups in total. The fourth-order valence-electron chi connectivity index (χ4n) is 3.05. The summed E-state index contributed by atoms with van der Waals surface area (Å²) in [5, 5.41) is 10.1. The van der Waals surface area contributed by atoms with Crippen molar-refractivity contribution in [2.75, 3.05) is 6.54 Å². The van der Waals surface area contributed by atoms with Crippen LogP contribution in [0.15, 0.2) is 28.9 Å². The zero-order valence-electron chi connectivity index (χ0n) is 12.5. The number of hydrogen-bond acceptors (Lipinski definition) is 3. The van der Waals surface area contributed by atoms with E-state index in [9.17, 15) is 14.7 Å². The van der Waals surface area contributed by atoms with Crippen molar-refractivity contribution >= 4 is 22.8 Å². The second-order valence-electron chi connectivity index (χ2n) is 5.68. The van der Waals surface area contributed by atoms with Gasteiger partial charge in [-0.3, -0.25) is 4.79 Å². The molecule has 0 radical (unpaired) electrons. The highest BCUT2D eigenvalue weighted by Gasteiger charge is 2.33. The maximum atomic E-state index is 12.8.